The molecule has 0 unspecified atom stereocenters. The molecule has 0 aromatic heterocycles. The zero-order valence-electron chi connectivity index (χ0n) is 10.00. The highest BCUT2D eigenvalue weighted by Crippen LogP contribution is 2.06. The molecule has 0 radical (unpaired) electrons. The summed E-state index contributed by atoms with van der Waals surface area (Å²) in [5.74, 6) is -2.55. The van der Waals surface area contributed by atoms with Crippen molar-refractivity contribution in [3.63, 3.8) is 0 Å². The highest BCUT2D eigenvalue weighted by Gasteiger charge is 2.24. The van der Waals surface area contributed by atoms with Crippen LogP contribution in [0.2, 0.25) is 0 Å². The number of Topliss-reactive ketones (excluding diaryl/α,β-unsaturated/α-hetero) is 3. The predicted octanol–water partition coefficient (Wildman–Crippen LogP) is 1.50. The lowest BCUT2D eigenvalue weighted by molar-refractivity contribution is -0.111. The van der Waals surface area contributed by atoms with E-state index in [-0.39, 0.29) is 16.6 Å². The van der Waals surface area contributed by atoms with Crippen LogP contribution >= 0.6 is 0 Å². The Labute approximate surface area is 110 Å². The Balaban J connectivity index is 0.00000180. The Morgan fingerprint density at radius 3 is 1.21 bits per heavy atom. The maximum Gasteiger partial charge on any atom is 0.273 e. The topological polar surface area (TPSA) is 82.7 Å². The summed E-state index contributed by atoms with van der Waals surface area (Å²) in [6, 6.07) is 16.1. The minimum Gasteiger partial charge on any atom is -0.412 e. The second kappa shape index (κ2) is 6.37. The van der Waals surface area contributed by atoms with Gasteiger partial charge >= 0.3 is 0 Å². The lowest BCUT2D eigenvalue weighted by Crippen LogP contribution is -2.24. The van der Waals surface area contributed by atoms with E-state index in [2.05, 4.69) is 0 Å². The Kier molecular flexibility index (Phi) is 4.85. The van der Waals surface area contributed by atoms with Crippen LogP contribution in [0.15, 0.2) is 60.7 Å². The number of ketones is 3. The molecule has 0 amide bonds. The summed E-state index contributed by atoms with van der Waals surface area (Å²) in [5.41, 5.74) is 0.457. The van der Waals surface area contributed by atoms with Crippen LogP contribution in [0, 0.1) is 0 Å². The number of benzene rings is 2. The van der Waals surface area contributed by atoms with E-state index >= 15 is 0 Å². The smallest absolute Gasteiger partial charge is 0.273 e. The normalized spacial score (nSPS) is 9.26. The minimum absolute atomic E-state index is 0. The molecule has 2 rings (SSSR count). The zero-order valence-corrected chi connectivity index (χ0v) is 10.00. The maximum absolute atomic E-state index is 11.8. The molecule has 2 aromatic carbocycles. The fourth-order valence-corrected chi connectivity index (χ4v) is 1.54. The third-order valence-electron chi connectivity index (χ3n) is 2.48. The van der Waals surface area contributed by atoms with Crippen molar-refractivity contribution in [3.8, 4) is 0 Å². The molecule has 0 heterocycles. The third kappa shape index (κ3) is 3.20. The van der Waals surface area contributed by atoms with Crippen molar-refractivity contribution in [1.82, 2.24) is 0 Å². The Hall–Kier alpha value is -2.59. The van der Waals surface area contributed by atoms with Crippen molar-refractivity contribution in [1.29, 1.82) is 0 Å². The van der Waals surface area contributed by atoms with Crippen LogP contribution in [-0.2, 0) is 4.79 Å². The van der Waals surface area contributed by atoms with Gasteiger partial charge in [-0.1, -0.05) is 60.7 Å². The van der Waals surface area contributed by atoms with Gasteiger partial charge in [-0.2, -0.15) is 0 Å². The number of rotatable bonds is 4. The number of hydrogen-bond acceptors (Lipinski definition) is 3. The molecule has 0 saturated carbocycles. The van der Waals surface area contributed by atoms with Gasteiger partial charge in [0.15, 0.2) is 0 Å². The van der Waals surface area contributed by atoms with Gasteiger partial charge in [0.2, 0.25) is 11.6 Å². The first-order chi connectivity index (χ1) is 8.70. The fourth-order valence-electron chi connectivity index (χ4n) is 1.54. The average molecular weight is 256 g/mol. The minimum atomic E-state index is -1.01. The lowest BCUT2D eigenvalue weighted by atomic mass is 10.0. The standard InChI is InChI=1S/C15H10O3.H2O/c16-13(11-7-3-1-4-8-11)15(18)14(17)12-9-5-2-6-10-12;/h1-10H;1H2. The van der Waals surface area contributed by atoms with Gasteiger partial charge in [-0.15, -0.1) is 0 Å². The van der Waals surface area contributed by atoms with Crippen molar-refractivity contribution >= 4 is 17.3 Å². The van der Waals surface area contributed by atoms with Gasteiger partial charge in [-0.05, 0) is 0 Å². The molecular formula is C15H12O4. The summed E-state index contributed by atoms with van der Waals surface area (Å²) < 4.78 is 0. The van der Waals surface area contributed by atoms with E-state index in [0.29, 0.717) is 0 Å². The number of hydrogen-bond donors (Lipinski definition) is 0. The first-order valence-corrected chi connectivity index (χ1v) is 5.43. The summed E-state index contributed by atoms with van der Waals surface area (Å²) in [7, 11) is 0. The second-order valence-corrected chi connectivity index (χ2v) is 3.72. The molecule has 0 aliphatic rings. The van der Waals surface area contributed by atoms with E-state index in [1.807, 2.05) is 0 Å². The molecule has 0 spiro atoms. The van der Waals surface area contributed by atoms with Crippen LogP contribution in [0.3, 0.4) is 0 Å². The Morgan fingerprint density at radius 2 is 0.895 bits per heavy atom. The Bertz CT molecular complexity index is 535. The van der Waals surface area contributed by atoms with Gasteiger partial charge in [0.1, 0.15) is 0 Å². The molecule has 2 N–H and O–H groups in total. The van der Waals surface area contributed by atoms with Crippen molar-refractivity contribution in [3.05, 3.63) is 71.8 Å². The fraction of sp³-hybridized carbons (Fsp3) is 0. The van der Waals surface area contributed by atoms with Crippen molar-refractivity contribution in [2.75, 3.05) is 0 Å². The highest BCUT2D eigenvalue weighted by molar-refractivity contribution is 6.69. The van der Waals surface area contributed by atoms with Crippen LogP contribution < -0.4 is 0 Å². The largest absolute Gasteiger partial charge is 0.412 e. The van der Waals surface area contributed by atoms with Gasteiger partial charge in [0.05, 0.1) is 0 Å². The third-order valence-corrected chi connectivity index (χ3v) is 2.48. The zero-order chi connectivity index (χ0) is 13.0. The number of carbonyl (C=O) groups is 3. The predicted molar refractivity (Wildman–Crippen MR) is 70.2 cm³/mol. The van der Waals surface area contributed by atoms with E-state index in [1.165, 1.54) is 24.3 Å². The van der Waals surface area contributed by atoms with Gasteiger partial charge in [0.25, 0.3) is 5.78 Å². The van der Waals surface area contributed by atoms with E-state index in [1.54, 1.807) is 36.4 Å². The van der Waals surface area contributed by atoms with Gasteiger partial charge in [0, 0.05) is 11.1 Å². The van der Waals surface area contributed by atoms with E-state index < -0.39 is 17.3 Å². The molecule has 0 atom stereocenters. The van der Waals surface area contributed by atoms with E-state index in [9.17, 15) is 14.4 Å². The quantitative estimate of drug-likeness (QED) is 0.472. The average Bonchev–Trinajstić information content (AvgIpc) is 2.47. The van der Waals surface area contributed by atoms with Gasteiger partial charge in [-0.25, -0.2) is 0 Å². The maximum atomic E-state index is 11.8. The number of carbonyl (C=O) groups excluding carboxylic acids is 3. The Morgan fingerprint density at radius 1 is 0.579 bits per heavy atom. The lowest BCUT2D eigenvalue weighted by Gasteiger charge is -1.99. The van der Waals surface area contributed by atoms with Crippen LogP contribution in [-0.4, -0.2) is 22.8 Å². The SMILES string of the molecule is O.O=C(C(=O)c1ccccc1)C(=O)c1ccccc1. The van der Waals surface area contributed by atoms with Crippen molar-refractivity contribution in [2.45, 2.75) is 0 Å². The molecule has 0 aliphatic carbocycles. The van der Waals surface area contributed by atoms with Gasteiger partial charge in [-0.3, -0.25) is 14.4 Å². The second-order valence-electron chi connectivity index (χ2n) is 3.72. The van der Waals surface area contributed by atoms with Gasteiger partial charge < -0.3 is 5.48 Å². The highest BCUT2D eigenvalue weighted by atomic mass is 16.2. The molecule has 0 aliphatic heterocycles. The first-order valence-electron chi connectivity index (χ1n) is 5.43. The molecule has 4 nitrogen and oxygen atoms in total. The first kappa shape index (κ1) is 14.5. The summed E-state index contributed by atoms with van der Waals surface area (Å²) in [6.07, 6.45) is 0. The molecule has 96 valence electrons. The van der Waals surface area contributed by atoms with Crippen LogP contribution in [0.25, 0.3) is 0 Å². The summed E-state index contributed by atoms with van der Waals surface area (Å²) in [6.45, 7) is 0. The van der Waals surface area contributed by atoms with Crippen molar-refractivity contribution in [2.24, 2.45) is 0 Å². The molecule has 0 saturated heterocycles. The monoisotopic (exact) mass is 256 g/mol. The van der Waals surface area contributed by atoms with E-state index in [0.717, 1.165) is 0 Å². The molecule has 19 heavy (non-hydrogen) atoms. The summed E-state index contributed by atoms with van der Waals surface area (Å²) in [5, 5.41) is 0. The molecular weight excluding hydrogens is 244 g/mol. The molecule has 4 heteroatoms. The van der Waals surface area contributed by atoms with Crippen molar-refractivity contribution < 1.29 is 19.9 Å². The summed E-state index contributed by atoms with van der Waals surface area (Å²) >= 11 is 0. The van der Waals surface area contributed by atoms with Crippen LogP contribution in [0.5, 0.6) is 0 Å². The molecule has 2 aromatic rings. The van der Waals surface area contributed by atoms with Crippen LogP contribution in [0.1, 0.15) is 20.7 Å². The molecule has 0 fully saturated rings. The summed E-state index contributed by atoms with van der Waals surface area (Å²) in [4.78, 5) is 35.3. The van der Waals surface area contributed by atoms with Crippen LogP contribution in [0.4, 0.5) is 0 Å². The van der Waals surface area contributed by atoms with E-state index in [4.69, 9.17) is 0 Å². The molecule has 0 bridgehead atoms.